The van der Waals surface area contributed by atoms with Gasteiger partial charge in [0.25, 0.3) is 11.6 Å². The molecule has 0 aliphatic rings. The van der Waals surface area contributed by atoms with E-state index in [9.17, 15) is 19.7 Å². The molecular weight excluding hydrogens is 414 g/mol. The van der Waals surface area contributed by atoms with Gasteiger partial charge in [-0.1, -0.05) is 11.3 Å². The van der Waals surface area contributed by atoms with Gasteiger partial charge >= 0.3 is 5.97 Å². The summed E-state index contributed by atoms with van der Waals surface area (Å²) < 4.78 is 17.1. The van der Waals surface area contributed by atoms with Crippen molar-refractivity contribution in [3.63, 3.8) is 0 Å². The Labute approximate surface area is 174 Å². The normalized spacial score (nSPS) is 11.4. The number of hydrogen-bond donors (Lipinski definition) is 0. The van der Waals surface area contributed by atoms with Crippen LogP contribution in [0.1, 0.15) is 10.4 Å². The van der Waals surface area contributed by atoms with Crippen LogP contribution < -0.4 is 14.3 Å². The van der Waals surface area contributed by atoms with Crippen LogP contribution in [0.15, 0.2) is 41.4 Å². The maximum Gasteiger partial charge on any atom is 0.325 e. The minimum absolute atomic E-state index is 0.144. The van der Waals surface area contributed by atoms with Crippen molar-refractivity contribution >= 4 is 39.1 Å². The number of nitro benzene ring substituents is 1. The molecule has 0 saturated carbocycles. The molecule has 1 heterocycles. The zero-order chi connectivity index (χ0) is 21.8. The molecule has 3 rings (SSSR count). The van der Waals surface area contributed by atoms with Crippen LogP contribution in [0.3, 0.4) is 0 Å². The van der Waals surface area contributed by atoms with Crippen molar-refractivity contribution in [3.05, 3.63) is 56.9 Å². The second-order valence-electron chi connectivity index (χ2n) is 5.97. The number of methoxy groups -OCH3 is 3. The quantitative estimate of drug-likeness (QED) is 0.334. The number of non-ortho nitro benzene ring substituents is 1. The van der Waals surface area contributed by atoms with Gasteiger partial charge in [-0.2, -0.15) is 4.99 Å². The first kappa shape index (κ1) is 21.0. The van der Waals surface area contributed by atoms with E-state index in [0.29, 0.717) is 21.7 Å². The number of carbonyl (C=O) groups excluding carboxylic acids is 2. The zero-order valence-electron chi connectivity index (χ0n) is 16.3. The Hall–Kier alpha value is -3.73. The summed E-state index contributed by atoms with van der Waals surface area (Å²) >= 11 is 1.12. The van der Waals surface area contributed by atoms with Crippen LogP contribution in [0.4, 0.5) is 5.69 Å². The Morgan fingerprint density at radius 2 is 1.77 bits per heavy atom. The average Bonchev–Trinajstić information content (AvgIpc) is 3.08. The number of fused-ring (bicyclic) bond motifs is 1. The van der Waals surface area contributed by atoms with Crippen molar-refractivity contribution in [2.24, 2.45) is 4.99 Å². The third kappa shape index (κ3) is 4.30. The Morgan fingerprint density at radius 3 is 2.33 bits per heavy atom. The van der Waals surface area contributed by atoms with Crippen LogP contribution in [0.2, 0.25) is 0 Å². The van der Waals surface area contributed by atoms with Gasteiger partial charge in [0.05, 0.1) is 36.5 Å². The molecule has 11 heteroatoms. The zero-order valence-corrected chi connectivity index (χ0v) is 17.1. The van der Waals surface area contributed by atoms with Crippen LogP contribution in [0.25, 0.3) is 10.2 Å². The SMILES string of the molecule is COC(=O)Cn1c(=NC(=O)c2cc(OC)cc(OC)c2)sc2ccc([N+](=O)[O-])cc21. The van der Waals surface area contributed by atoms with E-state index in [1.54, 1.807) is 12.1 Å². The summed E-state index contributed by atoms with van der Waals surface area (Å²) in [6.07, 6.45) is 0. The van der Waals surface area contributed by atoms with Crippen LogP contribution in [0, 0.1) is 10.1 Å². The fourth-order valence-electron chi connectivity index (χ4n) is 2.69. The topological polar surface area (TPSA) is 122 Å². The lowest BCUT2D eigenvalue weighted by Gasteiger charge is -2.06. The van der Waals surface area contributed by atoms with Crippen LogP contribution >= 0.6 is 11.3 Å². The molecule has 0 bridgehead atoms. The van der Waals surface area contributed by atoms with Gasteiger partial charge in [0.2, 0.25) is 0 Å². The van der Waals surface area contributed by atoms with Gasteiger partial charge in [-0.05, 0) is 18.2 Å². The van der Waals surface area contributed by atoms with Gasteiger partial charge in [0.1, 0.15) is 18.0 Å². The van der Waals surface area contributed by atoms with Crippen molar-refractivity contribution < 1.29 is 28.7 Å². The maximum atomic E-state index is 12.8. The third-order valence-electron chi connectivity index (χ3n) is 4.19. The summed E-state index contributed by atoms with van der Waals surface area (Å²) in [6, 6.07) is 8.86. The highest BCUT2D eigenvalue weighted by Crippen LogP contribution is 2.25. The molecule has 10 nitrogen and oxygen atoms in total. The number of rotatable bonds is 6. The van der Waals surface area contributed by atoms with E-state index in [1.165, 1.54) is 50.2 Å². The highest BCUT2D eigenvalue weighted by Gasteiger charge is 2.16. The smallest absolute Gasteiger partial charge is 0.325 e. The van der Waals surface area contributed by atoms with Gasteiger partial charge < -0.3 is 18.8 Å². The molecule has 1 amide bonds. The van der Waals surface area contributed by atoms with Crippen molar-refractivity contribution in [1.29, 1.82) is 0 Å². The van der Waals surface area contributed by atoms with E-state index in [1.807, 2.05) is 0 Å². The molecule has 0 spiro atoms. The molecule has 156 valence electrons. The molecule has 0 aliphatic heterocycles. The predicted molar refractivity (Wildman–Crippen MR) is 108 cm³/mol. The van der Waals surface area contributed by atoms with Gasteiger partial charge in [-0.25, -0.2) is 0 Å². The molecule has 0 radical (unpaired) electrons. The Bertz CT molecular complexity index is 1190. The fourth-order valence-corrected chi connectivity index (χ4v) is 3.69. The standard InChI is InChI=1S/C19H17N3O7S/c1-27-13-6-11(7-14(9-13)28-2)18(24)20-19-21(10-17(23)29-3)15-8-12(22(25)26)4-5-16(15)30-19/h4-9H,10H2,1-3H3. The van der Waals surface area contributed by atoms with Crippen molar-refractivity contribution in [2.75, 3.05) is 21.3 Å². The molecule has 0 aliphatic carbocycles. The first-order valence-electron chi connectivity index (χ1n) is 8.53. The summed E-state index contributed by atoms with van der Waals surface area (Å²) in [7, 11) is 4.15. The second kappa shape index (κ2) is 8.74. The summed E-state index contributed by atoms with van der Waals surface area (Å²) in [6.45, 7) is -0.259. The van der Waals surface area contributed by atoms with E-state index in [2.05, 4.69) is 4.99 Å². The van der Waals surface area contributed by atoms with Gasteiger partial charge in [-0.15, -0.1) is 0 Å². The highest BCUT2D eigenvalue weighted by molar-refractivity contribution is 7.16. The van der Waals surface area contributed by atoms with Gasteiger partial charge in [-0.3, -0.25) is 19.7 Å². The van der Waals surface area contributed by atoms with E-state index >= 15 is 0 Å². The number of amides is 1. The van der Waals surface area contributed by atoms with E-state index in [4.69, 9.17) is 14.2 Å². The molecular formula is C19H17N3O7S. The van der Waals surface area contributed by atoms with Crippen LogP contribution in [-0.4, -0.2) is 42.7 Å². The summed E-state index contributed by atoms with van der Waals surface area (Å²) in [5.41, 5.74) is 0.475. The van der Waals surface area contributed by atoms with Crippen LogP contribution in [0.5, 0.6) is 11.5 Å². The fraction of sp³-hybridized carbons (Fsp3) is 0.211. The summed E-state index contributed by atoms with van der Waals surface area (Å²) in [4.78, 5) is 39.6. The van der Waals surface area contributed by atoms with Crippen LogP contribution in [-0.2, 0) is 16.1 Å². The number of carbonyl (C=O) groups is 2. The number of nitro groups is 1. The number of thiazole rings is 1. The lowest BCUT2D eigenvalue weighted by Crippen LogP contribution is -2.22. The van der Waals surface area contributed by atoms with Gasteiger partial charge in [0, 0.05) is 23.8 Å². The minimum Gasteiger partial charge on any atom is -0.497 e. The number of nitrogens with zero attached hydrogens (tertiary/aromatic N) is 3. The van der Waals surface area contributed by atoms with Crippen molar-refractivity contribution in [1.82, 2.24) is 4.57 Å². The van der Waals surface area contributed by atoms with E-state index in [0.717, 1.165) is 11.3 Å². The van der Waals surface area contributed by atoms with Gasteiger partial charge in [0.15, 0.2) is 4.80 Å². The summed E-state index contributed by atoms with van der Waals surface area (Å²) in [5.74, 6) is -0.338. The van der Waals surface area contributed by atoms with Crippen molar-refractivity contribution in [2.45, 2.75) is 6.54 Å². The van der Waals surface area contributed by atoms with E-state index in [-0.39, 0.29) is 22.6 Å². The Morgan fingerprint density at radius 1 is 1.10 bits per heavy atom. The van der Waals surface area contributed by atoms with E-state index < -0.39 is 16.8 Å². The molecule has 0 saturated heterocycles. The minimum atomic E-state index is -0.591. The molecule has 0 atom stereocenters. The first-order chi connectivity index (χ1) is 14.4. The number of esters is 1. The molecule has 0 fully saturated rings. The maximum absolute atomic E-state index is 12.8. The molecule has 2 aromatic carbocycles. The first-order valence-corrected chi connectivity index (χ1v) is 9.34. The predicted octanol–water partition coefficient (Wildman–Crippen LogP) is 2.54. The monoisotopic (exact) mass is 431 g/mol. The number of aromatic nitrogens is 1. The summed E-state index contributed by atoms with van der Waals surface area (Å²) in [5, 5.41) is 11.1. The average molecular weight is 431 g/mol. The Balaban J connectivity index is 2.17. The second-order valence-corrected chi connectivity index (χ2v) is 6.98. The third-order valence-corrected chi connectivity index (χ3v) is 5.25. The lowest BCUT2D eigenvalue weighted by atomic mass is 10.2. The molecule has 0 unspecified atom stereocenters. The molecule has 3 aromatic rings. The lowest BCUT2D eigenvalue weighted by molar-refractivity contribution is -0.384. The highest BCUT2D eigenvalue weighted by atomic mass is 32.1. The molecule has 1 aromatic heterocycles. The number of benzene rings is 2. The molecule has 30 heavy (non-hydrogen) atoms. The largest absolute Gasteiger partial charge is 0.497 e. The number of hydrogen-bond acceptors (Lipinski definition) is 8. The Kier molecular flexibility index (Phi) is 6.11. The van der Waals surface area contributed by atoms with Crippen molar-refractivity contribution in [3.8, 4) is 11.5 Å². The molecule has 0 N–H and O–H groups in total. The number of ether oxygens (including phenoxy) is 3.